The van der Waals surface area contributed by atoms with Crippen LogP contribution in [0.4, 0.5) is 5.82 Å². The van der Waals surface area contributed by atoms with Crippen LogP contribution >= 0.6 is 0 Å². The molecular formula is C14H20N4O. The molecule has 19 heavy (non-hydrogen) atoms. The number of anilines is 1. The summed E-state index contributed by atoms with van der Waals surface area (Å²) in [6.45, 7) is 6.52. The number of hydrogen-bond donors (Lipinski definition) is 1. The molecule has 0 amide bonds. The number of rotatable bonds is 6. The fraction of sp³-hybridized carbons (Fsp3) is 0.429. The largest absolute Gasteiger partial charge is 0.468 e. The molecule has 0 saturated carbocycles. The summed E-state index contributed by atoms with van der Waals surface area (Å²) in [6.07, 6.45) is 1.70. The molecule has 2 aromatic heterocycles. The lowest BCUT2D eigenvalue weighted by Gasteiger charge is -2.18. The van der Waals surface area contributed by atoms with Crippen LogP contribution < -0.4 is 5.32 Å². The zero-order chi connectivity index (χ0) is 13.7. The second-order valence-electron chi connectivity index (χ2n) is 4.44. The highest BCUT2D eigenvalue weighted by Gasteiger charge is 2.09. The van der Waals surface area contributed by atoms with Gasteiger partial charge in [0.15, 0.2) is 0 Å². The summed E-state index contributed by atoms with van der Waals surface area (Å²) in [5.41, 5.74) is 0.975. The molecule has 0 bridgehead atoms. The first-order chi connectivity index (χ1) is 9.21. The van der Waals surface area contributed by atoms with E-state index < -0.39 is 0 Å². The molecule has 5 heteroatoms. The molecule has 0 saturated heterocycles. The van der Waals surface area contributed by atoms with Gasteiger partial charge in [-0.25, -0.2) is 9.97 Å². The predicted octanol–water partition coefficient (Wildman–Crippen LogP) is 2.44. The van der Waals surface area contributed by atoms with E-state index in [-0.39, 0.29) is 0 Å². The SMILES string of the molecule is CCN(Cc1nc(C)cc(NC)n1)Cc1ccco1. The Hall–Kier alpha value is -1.88. The van der Waals surface area contributed by atoms with Crippen molar-refractivity contribution in [2.45, 2.75) is 26.9 Å². The first kappa shape index (κ1) is 13.5. The van der Waals surface area contributed by atoms with Crippen molar-refractivity contribution in [2.75, 3.05) is 18.9 Å². The van der Waals surface area contributed by atoms with Crippen LogP contribution in [-0.4, -0.2) is 28.5 Å². The van der Waals surface area contributed by atoms with Crippen molar-refractivity contribution in [3.8, 4) is 0 Å². The Bertz CT molecular complexity index is 510. The molecule has 0 radical (unpaired) electrons. The third-order valence-electron chi connectivity index (χ3n) is 2.93. The molecule has 0 spiro atoms. The van der Waals surface area contributed by atoms with Crippen molar-refractivity contribution < 1.29 is 4.42 Å². The molecule has 2 aromatic rings. The van der Waals surface area contributed by atoms with Crippen molar-refractivity contribution in [3.05, 3.63) is 41.7 Å². The molecule has 0 aliphatic rings. The third-order valence-corrected chi connectivity index (χ3v) is 2.93. The maximum absolute atomic E-state index is 5.38. The van der Waals surface area contributed by atoms with Gasteiger partial charge >= 0.3 is 0 Å². The molecular weight excluding hydrogens is 240 g/mol. The molecule has 2 heterocycles. The smallest absolute Gasteiger partial charge is 0.144 e. The molecule has 1 N–H and O–H groups in total. The average Bonchev–Trinajstić information content (AvgIpc) is 2.90. The van der Waals surface area contributed by atoms with Crippen molar-refractivity contribution in [2.24, 2.45) is 0 Å². The minimum absolute atomic E-state index is 0.716. The zero-order valence-electron chi connectivity index (χ0n) is 11.7. The maximum atomic E-state index is 5.38. The second-order valence-corrected chi connectivity index (χ2v) is 4.44. The van der Waals surface area contributed by atoms with Crippen LogP contribution in [0.15, 0.2) is 28.9 Å². The fourth-order valence-electron chi connectivity index (χ4n) is 1.93. The summed E-state index contributed by atoms with van der Waals surface area (Å²) in [7, 11) is 1.87. The summed E-state index contributed by atoms with van der Waals surface area (Å²) >= 11 is 0. The molecule has 0 aliphatic heterocycles. The number of hydrogen-bond acceptors (Lipinski definition) is 5. The van der Waals surface area contributed by atoms with Crippen LogP contribution in [0.25, 0.3) is 0 Å². The average molecular weight is 260 g/mol. The van der Waals surface area contributed by atoms with Gasteiger partial charge in [0.05, 0.1) is 19.4 Å². The highest BCUT2D eigenvalue weighted by atomic mass is 16.3. The Balaban J connectivity index is 2.07. The lowest BCUT2D eigenvalue weighted by molar-refractivity contribution is 0.242. The number of aromatic nitrogens is 2. The van der Waals surface area contributed by atoms with Gasteiger partial charge in [-0.3, -0.25) is 4.90 Å². The van der Waals surface area contributed by atoms with E-state index in [1.807, 2.05) is 32.2 Å². The molecule has 2 rings (SSSR count). The quantitative estimate of drug-likeness (QED) is 0.864. The Morgan fingerprint density at radius 1 is 1.32 bits per heavy atom. The van der Waals surface area contributed by atoms with Crippen LogP contribution in [0, 0.1) is 6.92 Å². The fourth-order valence-corrected chi connectivity index (χ4v) is 1.93. The first-order valence-corrected chi connectivity index (χ1v) is 6.48. The van der Waals surface area contributed by atoms with Crippen LogP contribution in [0.2, 0.25) is 0 Å². The van der Waals surface area contributed by atoms with Gasteiger partial charge in [-0.15, -0.1) is 0 Å². The van der Waals surface area contributed by atoms with Gasteiger partial charge in [0.25, 0.3) is 0 Å². The normalized spacial score (nSPS) is 10.9. The molecule has 0 unspecified atom stereocenters. The van der Waals surface area contributed by atoms with Gasteiger partial charge in [-0.2, -0.15) is 0 Å². The van der Waals surface area contributed by atoms with Gasteiger partial charge in [-0.1, -0.05) is 6.92 Å². The minimum atomic E-state index is 0.716. The van der Waals surface area contributed by atoms with Gasteiger partial charge in [0, 0.05) is 18.8 Å². The van der Waals surface area contributed by atoms with E-state index >= 15 is 0 Å². The Labute approximate surface area is 113 Å². The van der Waals surface area contributed by atoms with Crippen molar-refractivity contribution in [1.82, 2.24) is 14.9 Å². The molecule has 102 valence electrons. The van der Waals surface area contributed by atoms with Crippen LogP contribution in [0.3, 0.4) is 0 Å². The van der Waals surface area contributed by atoms with E-state index in [0.717, 1.165) is 36.2 Å². The summed E-state index contributed by atoms with van der Waals surface area (Å²) in [5.74, 6) is 2.65. The lowest BCUT2D eigenvalue weighted by atomic mass is 10.3. The Morgan fingerprint density at radius 3 is 2.79 bits per heavy atom. The van der Waals surface area contributed by atoms with Crippen LogP contribution in [0.5, 0.6) is 0 Å². The van der Waals surface area contributed by atoms with E-state index in [1.54, 1.807) is 6.26 Å². The molecule has 0 aliphatic carbocycles. The number of nitrogens with zero attached hydrogens (tertiary/aromatic N) is 3. The van der Waals surface area contributed by atoms with Crippen molar-refractivity contribution >= 4 is 5.82 Å². The molecule has 0 atom stereocenters. The van der Waals surface area contributed by atoms with Gasteiger partial charge in [-0.05, 0) is 25.6 Å². The molecule has 0 aromatic carbocycles. The predicted molar refractivity (Wildman–Crippen MR) is 74.8 cm³/mol. The standard InChI is InChI=1S/C14H20N4O/c1-4-18(9-12-6-5-7-19-12)10-14-16-11(2)8-13(15-3)17-14/h5-8H,4,9-10H2,1-3H3,(H,15,16,17). The highest BCUT2D eigenvalue weighted by molar-refractivity contribution is 5.34. The van der Waals surface area contributed by atoms with E-state index in [0.29, 0.717) is 6.54 Å². The van der Waals surface area contributed by atoms with Gasteiger partial charge < -0.3 is 9.73 Å². The number of aryl methyl sites for hydroxylation is 1. The first-order valence-electron chi connectivity index (χ1n) is 6.48. The lowest BCUT2D eigenvalue weighted by Crippen LogP contribution is -2.23. The van der Waals surface area contributed by atoms with E-state index in [9.17, 15) is 0 Å². The van der Waals surface area contributed by atoms with Crippen LogP contribution in [0.1, 0.15) is 24.2 Å². The number of furan rings is 1. The molecule has 5 nitrogen and oxygen atoms in total. The summed E-state index contributed by atoms with van der Waals surface area (Å²) < 4.78 is 5.38. The monoisotopic (exact) mass is 260 g/mol. The van der Waals surface area contributed by atoms with E-state index in [4.69, 9.17) is 4.42 Å². The summed E-state index contributed by atoms with van der Waals surface area (Å²) in [6, 6.07) is 5.83. The summed E-state index contributed by atoms with van der Waals surface area (Å²) in [4.78, 5) is 11.2. The van der Waals surface area contributed by atoms with Crippen molar-refractivity contribution in [3.63, 3.8) is 0 Å². The van der Waals surface area contributed by atoms with Crippen LogP contribution in [-0.2, 0) is 13.1 Å². The van der Waals surface area contributed by atoms with E-state index in [2.05, 4.69) is 27.1 Å². The maximum Gasteiger partial charge on any atom is 0.144 e. The minimum Gasteiger partial charge on any atom is -0.468 e. The number of nitrogens with one attached hydrogen (secondary N) is 1. The third kappa shape index (κ3) is 3.79. The summed E-state index contributed by atoms with van der Waals surface area (Å²) in [5, 5.41) is 3.06. The van der Waals surface area contributed by atoms with Gasteiger partial charge in [0.2, 0.25) is 0 Å². The zero-order valence-corrected chi connectivity index (χ0v) is 11.7. The van der Waals surface area contributed by atoms with Gasteiger partial charge in [0.1, 0.15) is 17.4 Å². The highest BCUT2D eigenvalue weighted by Crippen LogP contribution is 2.10. The molecule has 0 fully saturated rings. The Kier molecular flexibility index (Phi) is 4.52. The van der Waals surface area contributed by atoms with Crippen molar-refractivity contribution in [1.29, 1.82) is 0 Å². The van der Waals surface area contributed by atoms with E-state index in [1.165, 1.54) is 0 Å². The second kappa shape index (κ2) is 6.33. The topological polar surface area (TPSA) is 54.2 Å². The Morgan fingerprint density at radius 2 is 2.16 bits per heavy atom.